The fourth-order valence-electron chi connectivity index (χ4n) is 3.09. The summed E-state index contributed by atoms with van der Waals surface area (Å²) < 4.78 is 0. The number of carboxylic acids is 2. The quantitative estimate of drug-likeness (QED) is 0.187. The molecule has 3 unspecified atom stereocenters. The van der Waals surface area contributed by atoms with Crippen LogP contribution in [-0.4, -0.2) is 81.9 Å². The van der Waals surface area contributed by atoms with Gasteiger partial charge in [0.15, 0.2) is 0 Å². The Bertz CT molecular complexity index is 698. The highest BCUT2D eigenvalue weighted by molar-refractivity contribution is 5.94. The molecule has 0 aliphatic carbocycles. The van der Waals surface area contributed by atoms with E-state index in [4.69, 9.17) is 16.6 Å². The molecule has 4 amide bonds. The smallest absolute Gasteiger partial charge is 0.326 e. The zero-order chi connectivity index (χ0) is 22.8. The Morgan fingerprint density at radius 1 is 1.00 bits per heavy atom. The van der Waals surface area contributed by atoms with Gasteiger partial charge in [-0.1, -0.05) is 0 Å². The number of carbonyl (C=O) groups is 6. The molecule has 1 saturated heterocycles. The molecule has 1 fully saturated rings. The fraction of sp³-hybridized carbons (Fsp3) is 0.647. The number of likely N-dealkylation sites (tertiary alicyclic amines) is 1. The molecule has 0 bridgehead atoms. The van der Waals surface area contributed by atoms with Gasteiger partial charge in [-0.15, -0.1) is 0 Å². The lowest BCUT2D eigenvalue weighted by atomic mass is 10.1. The highest BCUT2D eigenvalue weighted by Crippen LogP contribution is 2.20. The zero-order valence-electron chi connectivity index (χ0n) is 16.3. The van der Waals surface area contributed by atoms with Gasteiger partial charge in [0.05, 0.1) is 6.54 Å². The van der Waals surface area contributed by atoms with E-state index in [1.54, 1.807) is 0 Å². The van der Waals surface area contributed by atoms with Gasteiger partial charge >= 0.3 is 11.9 Å². The van der Waals surface area contributed by atoms with E-state index in [0.717, 1.165) is 0 Å². The molecule has 0 aromatic heterocycles. The van der Waals surface area contributed by atoms with Crippen LogP contribution < -0.4 is 22.1 Å². The van der Waals surface area contributed by atoms with Crippen LogP contribution in [0.4, 0.5) is 0 Å². The maximum atomic E-state index is 12.9. The molecule has 0 saturated carbocycles. The molecule has 1 rings (SSSR count). The van der Waals surface area contributed by atoms with Crippen molar-refractivity contribution in [2.45, 2.75) is 56.7 Å². The predicted octanol–water partition coefficient (Wildman–Crippen LogP) is -2.88. The van der Waals surface area contributed by atoms with Crippen LogP contribution in [0.1, 0.15) is 38.5 Å². The molecule has 30 heavy (non-hydrogen) atoms. The average molecular weight is 429 g/mol. The van der Waals surface area contributed by atoms with Crippen molar-refractivity contribution < 1.29 is 39.0 Å². The number of primary amides is 1. The number of nitrogens with one attached hydrogen (secondary N) is 2. The molecule has 13 heteroatoms. The molecule has 0 aromatic rings. The topological polar surface area (TPSA) is 222 Å². The van der Waals surface area contributed by atoms with Crippen molar-refractivity contribution in [1.82, 2.24) is 15.5 Å². The van der Waals surface area contributed by atoms with Crippen molar-refractivity contribution in [2.24, 2.45) is 11.5 Å². The molecule has 3 atom stereocenters. The standard InChI is InChI=1S/C17H27N5O8/c18-8-13(24)20-9(4-6-14(25)26)16(28)22-7-1-2-11(22)15(27)21-10(17(29)30)3-5-12(19)23/h9-11H,1-8,18H2,(H2,19,23)(H,20,24)(H,21,27)(H,25,26)(H,29,30). The third kappa shape index (κ3) is 7.66. The fourth-order valence-corrected chi connectivity index (χ4v) is 3.09. The lowest BCUT2D eigenvalue weighted by molar-refractivity contribution is -0.145. The Kier molecular flexibility index (Phi) is 9.68. The summed E-state index contributed by atoms with van der Waals surface area (Å²) in [5.41, 5.74) is 10.2. The summed E-state index contributed by atoms with van der Waals surface area (Å²) in [5.74, 6) is -5.26. The minimum absolute atomic E-state index is 0.179. The van der Waals surface area contributed by atoms with Gasteiger partial charge in [0.25, 0.3) is 0 Å². The monoisotopic (exact) mass is 429 g/mol. The summed E-state index contributed by atoms with van der Waals surface area (Å²) in [6, 6.07) is -3.53. The van der Waals surface area contributed by atoms with Crippen molar-refractivity contribution in [2.75, 3.05) is 13.1 Å². The van der Waals surface area contributed by atoms with Gasteiger partial charge in [-0.25, -0.2) is 4.79 Å². The SMILES string of the molecule is NCC(=O)NC(CCC(=O)O)C(=O)N1CCCC1C(=O)NC(CCC(N)=O)C(=O)O. The van der Waals surface area contributed by atoms with Crippen LogP contribution in [-0.2, 0) is 28.8 Å². The van der Waals surface area contributed by atoms with Gasteiger partial charge in [-0.05, 0) is 25.7 Å². The summed E-state index contributed by atoms with van der Waals surface area (Å²) in [5, 5.41) is 22.7. The van der Waals surface area contributed by atoms with Crippen molar-refractivity contribution in [3.05, 3.63) is 0 Å². The maximum absolute atomic E-state index is 12.9. The summed E-state index contributed by atoms with van der Waals surface area (Å²) in [6.45, 7) is -0.223. The number of nitrogens with two attached hydrogens (primary N) is 2. The highest BCUT2D eigenvalue weighted by atomic mass is 16.4. The van der Waals surface area contributed by atoms with E-state index in [2.05, 4.69) is 10.6 Å². The maximum Gasteiger partial charge on any atom is 0.326 e. The number of hydrogen-bond donors (Lipinski definition) is 6. The number of aliphatic carboxylic acids is 2. The molecule has 1 heterocycles. The first-order chi connectivity index (χ1) is 14.1. The van der Waals surface area contributed by atoms with Crippen LogP contribution in [0.25, 0.3) is 0 Å². The molecular formula is C17H27N5O8. The van der Waals surface area contributed by atoms with Crippen LogP contribution in [0.2, 0.25) is 0 Å². The molecule has 168 valence electrons. The Morgan fingerprint density at radius 3 is 2.17 bits per heavy atom. The van der Waals surface area contributed by atoms with Gasteiger partial charge in [-0.3, -0.25) is 24.0 Å². The van der Waals surface area contributed by atoms with Crippen LogP contribution in [0.5, 0.6) is 0 Å². The number of hydrogen-bond acceptors (Lipinski definition) is 7. The van der Waals surface area contributed by atoms with E-state index in [-0.39, 0.29) is 38.6 Å². The van der Waals surface area contributed by atoms with Gasteiger partial charge in [0, 0.05) is 19.4 Å². The molecule has 0 aromatic carbocycles. The molecular weight excluding hydrogens is 402 g/mol. The number of nitrogens with zero attached hydrogens (tertiary/aromatic N) is 1. The minimum atomic E-state index is -1.36. The normalized spacial score (nSPS) is 17.6. The third-order valence-corrected chi connectivity index (χ3v) is 4.60. The molecule has 1 aliphatic rings. The first-order valence-electron chi connectivity index (χ1n) is 9.40. The zero-order valence-corrected chi connectivity index (χ0v) is 16.3. The first-order valence-corrected chi connectivity index (χ1v) is 9.40. The van der Waals surface area contributed by atoms with Gasteiger partial charge < -0.3 is 37.2 Å². The second-order valence-electron chi connectivity index (χ2n) is 6.85. The van der Waals surface area contributed by atoms with Crippen molar-refractivity contribution in [3.8, 4) is 0 Å². The Balaban J connectivity index is 2.89. The highest BCUT2D eigenvalue weighted by Gasteiger charge is 2.38. The number of carboxylic acid groups (broad SMARTS) is 2. The van der Waals surface area contributed by atoms with Crippen molar-refractivity contribution in [1.29, 1.82) is 0 Å². The van der Waals surface area contributed by atoms with Crippen LogP contribution in [0, 0.1) is 0 Å². The lowest BCUT2D eigenvalue weighted by Gasteiger charge is -2.29. The van der Waals surface area contributed by atoms with Crippen molar-refractivity contribution in [3.63, 3.8) is 0 Å². The summed E-state index contributed by atoms with van der Waals surface area (Å²) in [6.07, 6.45) is -0.311. The Morgan fingerprint density at radius 2 is 1.63 bits per heavy atom. The predicted molar refractivity (Wildman–Crippen MR) is 101 cm³/mol. The lowest BCUT2D eigenvalue weighted by Crippen LogP contribution is -2.55. The van der Waals surface area contributed by atoms with Crippen molar-refractivity contribution >= 4 is 35.6 Å². The van der Waals surface area contributed by atoms with E-state index in [9.17, 15) is 33.9 Å². The van der Waals surface area contributed by atoms with Crippen LogP contribution in [0.3, 0.4) is 0 Å². The van der Waals surface area contributed by atoms with E-state index in [1.165, 1.54) is 4.90 Å². The second kappa shape index (κ2) is 11.7. The van der Waals surface area contributed by atoms with E-state index >= 15 is 0 Å². The van der Waals surface area contributed by atoms with Gasteiger partial charge in [-0.2, -0.15) is 0 Å². The molecule has 0 spiro atoms. The summed E-state index contributed by atoms with van der Waals surface area (Å²) in [7, 11) is 0. The number of carbonyl (C=O) groups excluding carboxylic acids is 4. The molecule has 0 radical (unpaired) electrons. The summed E-state index contributed by atoms with van der Waals surface area (Å²) >= 11 is 0. The minimum Gasteiger partial charge on any atom is -0.481 e. The van der Waals surface area contributed by atoms with Gasteiger partial charge in [0.2, 0.25) is 23.6 Å². The Labute approximate surface area is 172 Å². The van der Waals surface area contributed by atoms with E-state index < -0.39 is 60.2 Å². The number of rotatable bonds is 12. The summed E-state index contributed by atoms with van der Waals surface area (Å²) in [4.78, 5) is 71.3. The van der Waals surface area contributed by atoms with Crippen LogP contribution >= 0.6 is 0 Å². The number of amides is 4. The first kappa shape index (κ1) is 24.8. The third-order valence-electron chi connectivity index (χ3n) is 4.60. The van der Waals surface area contributed by atoms with Crippen LogP contribution in [0.15, 0.2) is 0 Å². The van der Waals surface area contributed by atoms with E-state index in [0.29, 0.717) is 6.42 Å². The second-order valence-corrected chi connectivity index (χ2v) is 6.85. The van der Waals surface area contributed by atoms with E-state index in [1.807, 2.05) is 0 Å². The average Bonchev–Trinajstić information content (AvgIpc) is 3.16. The molecule has 1 aliphatic heterocycles. The van der Waals surface area contributed by atoms with Gasteiger partial charge in [0.1, 0.15) is 18.1 Å². The Hall–Kier alpha value is -3.22. The molecule has 8 N–H and O–H groups in total. The largest absolute Gasteiger partial charge is 0.481 e. The molecule has 13 nitrogen and oxygen atoms in total.